The molecule has 2 aliphatic rings. The highest BCUT2D eigenvalue weighted by Crippen LogP contribution is 2.42. The molecule has 3 rings (SSSR count). The maximum Gasteiger partial charge on any atom is 0.417 e. The Hall–Kier alpha value is -1.79. The number of carbonyl (C=O) groups excluding carboxylic acids is 1. The van der Waals surface area contributed by atoms with Gasteiger partial charge in [0.2, 0.25) is 6.41 Å². The Morgan fingerprint density at radius 3 is 2.67 bits per heavy atom. The van der Waals surface area contributed by atoms with Crippen molar-refractivity contribution in [2.24, 2.45) is 5.92 Å². The number of halogens is 3. The van der Waals surface area contributed by atoms with Crippen LogP contribution in [-0.2, 0) is 11.0 Å². The van der Waals surface area contributed by atoms with E-state index in [0.717, 1.165) is 31.5 Å². The summed E-state index contributed by atoms with van der Waals surface area (Å²) in [6.07, 6.45) is -0.822. The van der Waals surface area contributed by atoms with Crippen LogP contribution in [0, 0.1) is 5.92 Å². The number of fused-ring (bicyclic) bond motifs is 2. The largest absolute Gasteiger partial charge is 0.417 e. The van der Waals surface area contributed by atoms with Gasteiger partial charge in [-0.05, 0) is 37.8 Å². The first kappa shape index (κ1) is 14.2. The molecule has 1 aromatic heterocycles. The number of pyridine rings is 1. The number of nitrogens with zero attached hydrogens (tertiary/aromatic N) is 2. The van der Waals surface area contributed by atoms with Crippen molar-refractivity contribution in [3.63, 3.8) is 0 Å². The molecule has 1 aliphatic carbocycles. The lowest BCUT2D eigenvalue weighted by atomic mass is 9.98. The van der Waals surface area contributed by atoms with Crippen molar-refractivity contribution >= 4 is 12.2 Å². The summed E-state index contributed by atoms with van der Waals surface area (Å²) in [7, 11) is 0. The van der Waals surface area contributed by atoms with E-state index in [9.17, 15) is 18.0 Å². The van der Waals surface area contributed by atoms with Crippen molar-refractivity contribution in [3.8, 4) is 0 Å². The third-order valence-electron chi connectivity index (χ3n) is 4.65. The molecule has 1 saturated carbocycles. The minimum Gasteiger partial charge on any atom is -0.365 e. The van der Waals surface area contributed by atoms with E-state index in [1.165, 1.54) is 6.07 Å². The summed E-state index contributed by atoms with van der Waals surface area (Å²) in [5, 5.41) is 3.16. The fourth-order valence-electron chi connectivity index (χ4n) is 3.49. The van der Waals surface area contributed by atoms with Crippen molar-refractivity contribution in [1.82, 2.24) is 9.88 Å². The first-order valence-electron chi connectivity index (χ1n) is 6.92. The average molecular weight is 299 g/mol. The molecule has 1 saturated heterocycles. The van der Waals surface area contributed by atoms with Gasteiger partial charge >= 0.3 is 6.18 Å². The van der Waals surface area contributed by atoms with Crippen LogP contribution in [0.3, 0.4) is 0 Å². The first-order valence-corrected chi connectivity index (χ1v) is 6.92. The number of piperidine rings is 1. The molecule has 4 unspecified atom stereocenters. The predicted octanol–water partition coefficient (Wildman–Crippen LogP) is 2.52. The molecule has 2 heterocycles. The Morgan fingerprint density at radius 1 is 1.38 bits per heavy atom. The molecule has 1 amide bonds. The van der Waals surface area contributed by atoms with Crippen molar-refractivity contribution in [1.29, 1.82) is 0 Å². The van der Waals surface area contributed by atoms with Gasteiger partial charge in [0.15, 0.2) is 0 Å². The average Bonchev–Trinajstić information content (AvgIpc) is 2.96. The molecule has 2 fully saturated rings. The molecule has 4 atom stereocenters. The van der Waals surface area contributed by atoms with E-state index in [1.807, 2.05) is 6.92 Å². The van der Waals surface area contributed by atoms with Crippen LogP contribution >= 0.6 is 0 Å². The molecular formula is C14H16F3N3O. The molecule has 114 valence electrons. The fourth-order valence-corrected chi connectivity index (χ4v) is 3.49. The van der Waals surface area contributed by atoms with Gasteiger partial charge in [-0.15, -0.1) is 0 Å². The number of alkyl halides is 3. The van der Waals surface area contributed by atoms with Crippen molar-refractivity contribution in [2.75, 3.05) is 5.32 Å². The molecule has 2 bridgehead atoms. The second-order valence-electron chi connectivity index (χ2n) is 5.77. The minimum absolute atomic E-state index is 0.0561. The molecule has 0 aromatic carbocycles. The van der Waals surface area contributed by atoms with E-state index in [-0.39, 0.29) is 18.1 Å². The number of rotatable bonds is 3. The third kappa shape index (κ3) is 2.45. The van der Waals surface area contributed by atoms with Crippen LogP contribution in [0.25, 0.3) is 0 Å². The van der Waals surface area contributed by atoms with E-state index >= 15 is 0 Å². The number of hydrogen-bond donors (Lipinski definition) is 1. The Kier molecular flexibility index (Phi) is 3.30. The number of amides is 1. The number of nitrogens with one attached hydrogen (secondary N) is 1. The Labute approximate surface area is 120 Å². The Balaban J connectivity index is 1.69. The molecule has 1 aliphatic heterocycles. The zero-order chi connectivity index (χ0) is 15.2. The number of aromatic nitrogens is 1. The molecule has 4 nitrogen and oxygen atoms in total. The Morgan fingerprint density at radius 2 is 2.14 bits per heavy atom. The van der Waals surface area contributed by atoms with Gasteiger partial charge in [0.25, 0.3) is 0 Å². The van der Waals surface area contributed by atoms with Crippen LogP contribution in [0.5, 0.6) is 0 Å². The van der Waals surface area contributed by atoms with Gasteiger partial charge in [0.05, 0.1) is 11.6 Å². The molecule has 21 heavy (non-hydrogen) atoms. The number of carbonyl (C=O) groups is 1. The minimum atomic E-state index is -4.37. The van der Waals surface area contributed by atoms with Gasteiger partial charge in [-0.2, -0.15) is 13.2 Å². The van der Waals surface area contributed by atoms with Crippen LogP contribution < -0.4 is 5.32 Å². The van der Waals surface area contributed by atoms with E-state index in [2.05, 4.69) is 10.3 Å². The quantitative estimate of drug-likeness (QED) is 0.872. The summed E-state index contributed by atoms with van der Waals surface area (Å²) in [6.45, 7) is 2.03. The molecule has 7 heteroatoms. The fraction of sp³-hybridized carbons (Fsp3) is 0.571. The summed E-state index contributed by atoms with van der Waals surface area (Å²) in [5.41, 5.74) is -0.760. The molecule has 1 aromatic rings. The maximum absolute atomic E-state index is 12.5. The van der Waals surface area contributed by atoms with Crippen LogP contribution in [0.4, 0.5) is 19.0 Å². The number of anilines is 1. The monoisotopic (exact) mass is 299 g/mol. The zero-order valence-corrected chi connectivity index (χ0v) is 11.5. The smallest absolute Gasteiger partial charge is 0.365 e. The van der Waals surface area contributed by atoms with Gasteiger partial charge in [0.1, 0.15) is 5.82 Å². The molecule has 1 N–H and O–H groups in total. The second kappa shape index (κ2) is 4.89. The standard InChI is InChI=1S/C14H16F3N3O/c1-8-9-4-11(12(5-9)20(8)7-21)19-13-3-2-10(6-18-13)14(15,16)17/h2-3,6-9,11-12H,4-5H2,1H3,(H,18,19). The van der Waals surface area contributed by atoms with E-state index in [0.29, 0.717) is 11.7 Å². The highest BCUT2D eigenvalue weighted by atomic mass is 19.4. The molecular weight excluding hydrogens is 283 g/mol. The third-order valence-corrected chi connectivity index (χ3v) is 4.65. The summed E-state index contributed by atoms with van der Waals surface area (Å²) < 4.78 is 37.4. The lowest BCUT2D eigenvalue weighted by Gasteiger charge is -2.35. The first-order chi connectivity index (χ1) is 9.90. The van der Waals surface area contributed by atoms with Gasteiger partial charge in [-0.3, -0.25) is 4.79 Å². The SMILES string of the molecule is CC1C2CC(Nc3ccc(C(F)(F)F)cn3)C(C2)N1C=O. The van der Waals surface area contributed by atoms with Gasteiger partial charge in [0, 0.05) is 18.3 Å². The normalized spacial score (nSPS) is 31.5. The van der Waals surface area contributed by atoms with Gasteiger partial charge < -0.3 is 10.2 Å². The highest BCUT2D eigenvalue weighted by molar-refractivity contribution is 5.51. The topological polar surface area (TPSA) is 45.2 Å². The van der Waals surface area contributed by atoms with Crippen molar-refractivity contribution in [2.45, 2.75) is 44.1 Å². The predicted molar refractivity (Wildman–Crippen MR) is 70.5 cm³/mol. The van der Waals surface area contributed by atoms with Crippen LogP contribution in [0.1, 0.15) is 25.3 Å². The van der Waals surface area contributed by atoms with Gasteiger partial charge in [-0.25, -0.2) is 4.98 Å². The number of hydrogen-bond acceptors (Lipinski definition) is 3. The lowest BCUT2D eigenvalue weighted by Crippen LogP contribution is -2.48. The van der Waals surface area contributed by atoms with Crippen molar-refractivity contribution in [3.05, 3.63) is 23.9 Å². The van der Waals surface area contributed by atoms with E-state index < -0.39 is 11.7 Å². The van der Waals surface area contributed by atoms with Gasteiger partial charge in [-0.1, -0.05) is 0 Å². The summed E-state index contributed by atoms with van der Waals surface area (Å²) in [5.74, 6) is 0.867. The zero-order valence-electron chi connectivity index (χ0n) is 11.5. The Bertz CT molecular complexity index is 531. The summed E-state index contributed by atoms with van der Waals surface area (Å²) in [6, 6.07) is 2.75. The van der Waals surface area contributed by atoms with E-state index in [1.54, 1.807) is 4.90 Å². The lowest BCUT2D eigenvalue weighted by molar-refractivity contribution is -0.137. The summed E-state index contributed by atoms with van der Waals surface area (Å²) in [4.78, 5) is 16.7. The highest BCUT2D eigenvalue weighted by Gasteiger charge is 2.49. The van der Waals surface area contributed by atoms with Crippen LogP contribution in [-0.4, -0.2) is 34.4 Å². The molecule has 0 radical (unpaired) electrons. The van der Waals surface area contributed by atoms with E-state index in [4.69, 9.17) is 0 Å². The van der Waals surface area contributed by atoms with Crippen molar-refractivity contribution < 1.29 is 18.0 Å². The van der Waals surface area contributed by atoms with Crippen LogP contribution in [0.2, 0.25) is 0 Å². The second-order valence-corrected chi connectivity index (χ2v) is 5.77. The summed E-state index contributed by atoms with van der Waals surface area (Å²) >= 11 is 0. The molecule has 0 spiro atoms. The maximum atomic E-state index is 12.5. The van der Waals surface area contributed by atoms with Crippen LogP contribution in [0.15, 0.2) is 18.3 Å². The number of likely N-dealkylation sites (tertiary alicyclic amines) is 1.